The van der Waals surface area contributed by atoms with Crippen molar-refractivity contribution < 1.29 is 23.9 Å². The Morgan fingerprint density at radius 1 is 1.00 bits per heavy atom. The van der Waals surface area contributed by atoms with Crippen LogP contribution in [0.25, 0.3) is 6.08 Å². The minimum atomic E-state index is -0.639. The number of esters is 2. The molecule has 0 radical (unpaired) electrons. The third-order valence-electron chi connectivity index (χ3n) is 3.16. The molecule has 0 aliphatic heterocycles. The monoisotopic (exact) mass is 339 g/mol. The van der Waals surface area contributed by atoms with Gasteiger partial charge >= 0.3 is 11.9 Å². The maximum absolute atomic E-state index is 11.9. The van der Waals surface area contributed by atoms with Crippen LogP contribution in [0.5, 0.6) is 0 Å². The summed E-state index contributed by atoms with van der Waals surface area (Å²) in [5.41, 5.74) is 1.35. The summed E-state index contributed by atoms with van der Waals surface area (Å²) in [5.74, 6) is -1.77. The average Bonchev–Trinajstić information content (AvgIpc) is 2.65. The maximum Gasteiger partial charge on any atom is 0.339 e. The predicted molar refractivity (Wildman–Crippen MR) is 92.8 cm³/mol. The van der Waals surface area contributed by atoms with Crippen LogP contribution < -0.4 is 5.32 Å². The average molecular weight is 339 g/mol. The highest BCUT2D eigenvalue weighted by atomic mass is 16.5. The number of anilines is 1. The van der Waals surface area contributed by atoms with Crippen LogP contribution in [0.2, 0.25) is 0 Å². The fourth-order valence-electron chi connectivity index (χ4n) is 1.98. The van der Waals surface area contributed by atoms with Crippen molar-refractivity contribution >= 4 is 29.6 Å². The van der Waals surface area contributed by atoms with Crippen molar-refractivity contribution in [3.05, 3.63) is 71.8 Å². The minimum absolute atomic E-state index is 0.216. The lowest BCUT2D eigenvalue weighted by atomic mass is 10.2. The minimum Gasteiger partial charge on any atom is -0.465 e. The van der Waals surface area contributed by atoms with Gasteiger partial charge in [0, 0.05) is 6.08 Å². The number of carbonyl (C=O) groups is 3. The van der Waals surface area contributed by atoms with Gasteiger partial charge in [-0.25, -0.2) is 9.59 Å². The van der Waals surface area contributed by atoms with E-state index in [2.05, 4.69) is 10.1 Å². The molecule has 0 saturated heterocycles. The first kappa shape index (κ1) is 17.9. The Bertz CT molecular complexity index is 783. The van der Waals surface area contributed by atoms with Crippen LogP contribution >= 0.6 is 0 Å². The molecule has 0 aliphatic carbocycles. The SMILES string of the molecule is COC(=O)c1ccccc1NC(=O)COC(=O)/C=C/c1ccccc1. The molecule has 2 aromatic rings. The number of amides is 1. The van der Waals surface area contributed by atoms with E-state index in [1.807, 2.05) is 30.3 Å². The lowest BCUT2D eigenvalue weighted by molar-refractivity contribution is -0.142. The Morgan fingerprint density at radius 3 is 2.40 bits per heavy atom. The van der Waals surface area contributed by atoms with Crippen LogP contribution in [-0.2, 0) is 19.1 Å². The summed E-state index contributed by atoms with van der Waals surface area (Å²) in [7, 11) is 1.25. The van der Waals surface area contributed by atoms with E-state index in [0.717, 1.165) is 5.56 Å². The molecular weight excluding hydrogens is 322 g/mol. The summed E-state index contributed by atoms with van der Waals surface area (Å²) in [6.45, 7) is -0.465. The molecule has 2 aromatic carbocycles. The Morgan fingerprint density at radius 2 is 1.68 bits per heavy atom. The van der Waals surface area contributed by atoms with Crippen LogP contribution in [0.1, 0.15) is 15.9 Å². The van der Waals surface area contributed by atoms with Crippen LogP contribution in [0.4, 0.5) is 5.69 Å². The molecule has 25 heavy (non-hydrogen) atoms. The van der Waals surface area contributed by atoms with E-state index in [9.17, 15) is 14.4 Å². The summed E-state index contributed by atoms with van der Waals surface area (Å²) in [6, 6.07) is 15.6. The number of hydrogen-bond acceptors (Lipinski definition) is 5. The summed E-state index contributed by atoms with van der Waals surface area (Å²) in [4.78, 5) is 35.2. The molecule has 6 heteroatoms. The van der Waals surface area contributed by atoms with Gasteiger partial charge in [-0.3, -0.25) is 4.79 Å². The summed E-state index contributed by atoms with van der Waals surface area (Å²) < 4.78 is 9.52. The van der Waals surface area contributed by atoms with Crippen molar-refractivity contribution in [2.45, 2.75) is 0 Å². The fraction of sp³-hybridized carbons (Fsp3) is 0.105. The molecule has 6 nitrogen and oxygen atoms in total. The lowest BCUT2D eigenvalue weighted by Crippen LogP contribution is -2.21. The zero-order chi connectivity index (χ0) is 18.1. The van der Waals surface area contributed by atoms with Crippen molar-refractivity contribution in [3.63, 3.8) is 0 Å². The molecule has 0 fully saturated rings. The highest BCUT2D eigenvalue weighted by molar-refractivity contribution is 6.02. The number of ether oxygens (including phenoxy) is 2. The second-order valence-corrected chi connectivity index (χ2v) is 4.94. The van der Waals surface area contributed by atoms with Gasteiger partial charge in [-0.05, 0) is 23.8 Å². The Labute approximate surface area is 145 Å². The molecule has 0 aliphatic rings. The van der Waals surface area contributed by atoms with Crippen LogP contribution in [0.3, 0.4) is 0 Å². The second-order valence-electron chi connectivity index (χ2n) is 4.94. The normalized spacial score (nSPS) is 10.3. The molecule has 0 spiro atoms. The number of benzene rings is 2. The van der Waals surface area contributed by atoms with Gasteiger partial charge in [0.25, 0.3) is 5.91 Å². The van der Waals surface area contributed by atoms with E-state index in [4.69, 9.17) is 4.74 Å². The van der Waals surface area contributed by atoms with E-state index < -0.39 is 24.5 Å². The van der Waals surface area contributed by atoms with Gasteiger partial charge in [-0.1, -0.05) is 42.5 Å². The number of nitrogens with one attached hydrogen (secondary N) is 1. The Kier molecular flexibility index (Phi) is 6.47. The van der Waals surface area contributed by atoms with E-state index in [-0.39, 0.29) is 11.3 Å². The zero-order valence-electron chi connectivity index (χ0n) is 13.6. The maximum atomic E-state index is 11.9. The third kappa shape index (κ3) is 5.62. The number of para-hydroxylation sites is 1. The molecule has 0 aromatic heterocycles. The first-order valence-corrected chi connectivity index (χ1v) is 7.47. The van der Waals surface area contributed by atoms with Gasteiger partial charge in [-0.2, -0.15) is 0 Å². The smallest absolute Gasteiger partial charge is 0.339 e. The fourth-order valence-corrected chi connectivity index (χ4v) is 1.98. The van der Waals surface area contributed by atoms with Gasteiger partial charge < -0.3 is 14.8 Å². The van der Waals surface area contributed by atoms with E-state index in [1.54, 1.807) is 24.3 Å². The summed E-state index contributed by atoms with van der Waals surface area (Å²) in [6.07, 6.45) is 2.83. The Balaban J connectivity index is 1.88. The van der Waals surface area contributed by atoms with Gasteiger partial charge in [-0.15, -0.1) is 0 Å². The van der Waals surface area contributed by atoms with Crippen molar-refractivity contribution in [1.29, 1.82) is 0 Å². The highest BCUT2D eigenvalue weighted by Gasteiger charge is 2.13. The Hall–Kier alpha value is -3.41. The molecule has 0 atom stereocenters. The molecule has 0 saturated carbocycles. The van der Waals surface area contributed by atoms with Crippen molar-refractivity contribution in [3.8, 4) is 0 Å². The van der Waals surface area contributed by atoms with Gasteiger partial charge in [0.15, 0.2) is 6.61 Å². The van der Waals surface area contributed by atoms with Crippen LogP contribution in [-0.4, -0.2) is 31.6 Å². The summed E-state index contributed by atoms with van der Waals surface area (Å²) in [5, 5.41) is 2.51. The topological polar surface area (TPSA) is 81.7 Å². The third-order valence-corrected chi connectivity index (χ3v) is 3.16. The highest BCUT2D eigenvalue weighted by Crippen LogP contribution is 2.15. The molecule has 0 unspecified atom stereocenters. The number of carbonyl (C=O) groups excluding carboxylic acids is 3. The number of methoxy groups -OCH3 is 1. The van der Waals surface area contributed by atoms with Crippen LogP contribution in [0, 0.1) is 0 Å². The van der Waals surface area contributed by atoms with Crippen molar-refractivity contribution in [2.75, 3.05) is 19.0 Å². The zero-order valence-corrected chi connectivity index (χ0v) is 13.6. The summed E-state index contributed by atoms with van der Waals surface area (Å²) >= 11 is 0. The van der Waals surface area contributed by atoms with Gasteiger partial charge in [0.05, 0.1) is 18.4 Å². The lowest BCUT2D eigenvalue weighted by Gasteiger charge is -2.09. The number of rotatable bonds is 6. The molecule has 0 bridgehead atoms. The van der Waals surface area contributed by atoms with E-state index in [0.29, 0.717) is 0 Å². The first-order chi connectivity index (χ1) is 12.1. The van der Waals surface area contributed by atoms with Crippen molar-refractivity contribution in [2.24, 2.45) is 0 Å². The largest absolute Gasteiger partial charge is 0.465 e. The molecule has 2 rings (SSSR count). The van der Waals surface area contributed by atoms with E-state index >= 15 is 0 Å². The molecule has 1 amide bonds. The quantitative estimate of drug-likeness (QED) is 0.646. The van der Waals surface area contributed by atoms with Gasteiger partial charge in [0.1, 0.15) is 0 Å². The predicted octanol–water partition coefficient (Wildman–Crippen LogP) is 2.67. The first-order valence-electron chi connectivity index (χ1n) is 7.47. The second kappa shape index (κ2) is 9.02. The molecular formula is C19H17NO5. The van der Waals surface area contributed by atoms with Crippen LogP contribution in [0.15, 0.2) is 60.7 Å². The molecule has 1 N–H and O–H groups in total. The molecule has 0 heterocycles. The van der Waals surface area contributed by atoms with E-state index in [1.165, 1.54) is 19.3 Å². The number of hydrogen-bond donors (Lipinski definition) is 1. The standard InChI is InChI=1S/C19H17NO5/c1-24-19(23)15-9-5-6-10-16(15)20-17(21)13-25-18(22)12-11-14-7-3-2-4-8-14/h2-12H,13H2,1H3,(H,20,21)/b12-11+. The van der Waals surface area contributed by atoms with Gasteiger partial charge in [0.2, 0.25) is 0 Å². The van der Waals surface area contributed by atoms with Crippen molar-refractivity contribution in [1.82, 2.24) is 0 Å². The molecule has 128 valence electrons.